The summed E-state index contributed by atoms with van der Waals surface area (Å²) in [4.78, 5) is 4.09. The molecule has 1 saturated carbocycles. The van der Waals surface area contributed by atoms with Crippen LogP contribution in [0.25, 0.3) is 11.3 Å². The van der Waals surface area contributed by atoms with E-state index in [0.29, 0.717) is 6.04 Å². The van der Waals surface area contributed by atoms with Gasteiger partial charge < -0.3 is 5.32 Å². The van der Waals surface area contributed by atoms with Gasteiger partial charge in [-0.3, -0.25) is 4.98 Å². The Morgan fingerprint density at radius 3 is 2.74 bits per heavy atom. The third-order valence-electron chi connectivity index (χ3n) is 4.31. The molecule has 4 rings (SSSR count). The second kappa shape index (κ2) is 4.08. The zero-order chi connectivity index (χ0) is 12.8. The molecule has 1 aliphatic carbocycles. The van der Waals surface area contributed by atoms with Gasteiger partial charge in [-0.25, -0.2) is 4.68 Å². The van der Waals surface area contributed by atoms with Gasteiger partial charge in [0.15, 0.2) is 0 Å². The summed E-state index contributed by atoms with van der Waals surface area (Å²) in [5.74, 6) is 2.07. The first kappa shape index (κ1) is 11.0. The first-order chi connectivity index (χ1) is 9.34. The predicted molar refractivity (Wildman–Crippen MR) is 75.1 cm³/mol. The molecule has 0 radical (unpaired) electrons. The van der Waals surface area contributed by atoms with Crippen LogP contribution >= 0.6 is 0 Å². The van der Waals surface area contributed by atoms with Gasteiger partial charge in [-0.15, -0.1) is 0 Å². The third kappa shape index (κ3) is 1.74. The topological polar surface area (TPSA) is 42.7 Å². The van der Waals surface area contributed by atoms with Crippen molar-refractivity contribution in [3.8, 4) is 11.3 Å². The lowest BCUT2D eigenvalue weighted by Crippen LogP contribution is -2.25. The molecule has 1 atom stereocenters. The number of hydrogen-bond donors (Lipinski definition) is 1. The lowest BCUT2D eigenvalue weighted by Gasteiger charge is -2.25. The van der Waals surface area contributed by atoms with Crippen LogP contribution in [0.1, 0.15) is 30.9 Å². The Bertz CT molecular complexity index is 598. The Balaban J connectivity index is 1.82. The maximum absolute atomic E-state index is 4.89. The van der Waals surface area contributed by atoms with Crippen molar-refractivity contribution in [3.05, 3.63) is 30.1 Å². The first-order valence-corrected chi connectivity index (χ1v) is 7.08. The fourth-order valence-electron chi connectivity index (χ4n) is 3.13. The molecule has 4 heteroatoms. The Hall–Kier alpha value is -1.84. The van der Waals surface area contributed by atoms with Gasteiger partial charge in [-0.1, -0.05) is 0 Å². The van der Waals surface area contributed by atoms with Crippen LogP contribution in [0.5, 0.6) is 0 Å². The Labute approximate surface area is 112 Å². The van der Waals surface area contributed by atoms with E-state index in [1.807, 2.05) is 24.5 Å². The van der Waals surface area contributed by atoms with Gasteiger partial charge in [-0.2, -0.15) is 5.10 Å². The van der Waals surface area contributed by atoms with E-state index in [1.54, 1.807) is 0 Å². The summed E-state index contributed by atoms with van der Waals surface area (Å²) in [6, 6.07) is 4.67. The van der Waals surface area contributed by atoms with Crippen molar-refractivity contribution < 1.29 is 0 Å². The number of hydrogen-bond acceptors (Lipinski definition) is 3. The fraction of sp³-hybridized carbons (Fsp3) is 0.467. The number of nitrogens with zero attached hydrogens (tertiary/aromatic N) is 3. The SMILES string of the molecule is Cc1c(-c2ccncc2)nn2c1NCCC2C1CC1. The number of nitrogens with one attached hydrogen (secondary N) is 1. The molecule has 98 valence electrons. The molecule has 2 aliphatic rings. The van der Waals surface area contributed by atoms with E-state index >= 15 is 0 Å². The van der Waals surface area contributed by atoms with Crippen LogP contribution in [-0.4, -0.2) is 21.3 Å². The molecule has 2 aromatic heterocycles. The Morgan fingerprint density at radius 1 is 1.21 bits per heavy atom. The van der Waals surface area contributed by atoms with Gasteiger partial charge in [0.05, 0.1) is 11.7 Å². The first-order valence-electron chi connectivity index (χ1n) is 7.08. The molecule has 0 bridgehead atoms. The van der Waals surface area contributed by atoms with E-state index < -0.39 is 0 Å². The van der Waals surface area contributed by atoms with Gasteiger partial charge in [0.2, 0.25) is 0 Å². The van der Waals surface area contributed by atoms with Gasteiger partial charge in [0, 0.05) is 30.1 Å². The largest absolute Gasteiger partial charge is 0.370 e. The molecule has 3 heterocycles. The monoisotopic (exact) mass is 254 g/mol. The average molecular weight is 254 g/mol. The third-order valence-corrected chi connectivity index (χ3v) is 4.31. The van der Waals surface area contributed by atoms with Crippen LogP contribution in [0, 0.1) is 12.8 Å². The minimum Gasteiger partial charge on any atom is -0.370 e. The molecule has 1 fully saturated rings. The van der Waals surface area contributed by atoms with Crippen LogP contribution in [0.4, 0.5) is 5.82 Å². The van der Waals surface area contributed by atoms with E-state index in [4.69, 9.17) is 5.10 Å². The zero-order valence-electron chi connectivity index (χ0n) is 11.1. The average Bonchev–Trinajstić information content (AvgIpc) is 3.24. The summed E-state index contributed by atoms with van der Waals surface area (Å²) in [5, 5.41) is 8.41. The van der Waals surface area contributed by atoms with Crippen molar-refractivity contribution in [2.24, 2.45) is 5.92 Å². The summed E-state index contributed by atoms with van der Waals surface area (Å²) in [7, 11) is 0. The molecule has 4 nitrogen and oxygen atoms in total. The normalized spacial score (nSPS) is 21.8. The molecule has 1 unspecified atom stereocenters. The number of fused-ring (bicyclic) bond motifs is 1. The van der Waals surface area contributed by atoms with E-state index in [2.05, 4.69) is 21.9 Å². The second-order valence-corrected chi connectivity index (χ2v) is 5.62. The van der Waals surface area contributed by atoms with Gasteiger partial charge in [0.25, 0.3) is 0 Å². The Kier molecular flexibility index (Phi) is 2.37. The fourth-order valence-corrected chi connectivity index (χ4v) is 3.13. The maximum atomic E-state index is 4.89. The highest BCUT2D eigenvalue weighted by molar-refractivity contribution is 5.69. The molecular weight excluding hydrogens is 236 g/mol. The molecule has 0 saturated heterocycles. The molecule has 0 aromatic carbocycles. The minimum absolute atomic E-state index is 0.602. The molecule has 2 aromatic rings. The van der Waals surface area contributed by atoms with Crippen LogP contribution in [0.15, 0.2) is 24.5 Å². The van der Waals surface area contributed by atoms with Crippen molar-refractivity contribution in [2.75, 3.05) is 11.9 Å². The summed E-state index contributed by atoms with van der Waals surface area (Å²) >= 11 is 0. The molecule has 19 heavy (non-hydrogen) atoms. The molecule has 1 N–H and O–H groups in total. The summed E-state index contributed by atoms with van der Waals surface area (Å²) in [6.07, 6.45) is 7.60. The van der Waals surface area contributed by atoms with Crippen LogP contribution in [0.2, 0.25) is 0 Å². The standard InChI is InChI=1S/C15H18N4/c1-10-14(12-4-7-16-8-5-12)18-19-13(11-2-3-11)6-9-17-15(10)19/h4-5,7-8,11,13,17H,2-3,6,9H2,1H3. The molecule has 0 spiro atoms. The predicted octanol–water partition coefficient (Wildman–Crippen LogP) is 3.02. The highest BCUT2D eigenvalue weighted by atomic mass is 15.4. The van der Waals surface area contributed by atoms with E-state index in [-0.39, 0.29) is 0 Å². The molecule has 1 aliphatic heterocycles. The Morgan fingerprint density at radius 2 is 2.00 bits per heavy atom. The van der Waals surface area contributed by atoms with Crippen LogP contribution in [-0.2, 0) is 0 Å². The summed E-state index contributed by atoms with van der Waals surface area (Å²) in [6.45, 7) is 3.24. The number of aromatic nitrogens is 3. The summed E-state index contributed by atoms with van der Waals surface area (Å²) in [5.41, 5.74) is 3.51. The highest BCUT2D eigenvalue weighted by Gasteiger charge is 2.36. The molecule has 0 amide bonds. The maximum Gasteiger partial charge on any atom is 0.128 e. The second-order valence-electron chi connectivity index (χ2n) is 5.62. The minimum atomic E-state index is 0.602. The quantitative estimate of drug-likeness (QED) is 0.895. The molecular formula is C15H18N4. The van der Waals surface area contributed by atoms with Crippen molar-refractivity contribution >= 4 is 5.82 Å². The van der Waals surface area contributed by atoms with Crippen molar-refractivity contribution in [2.45, 2.75) is 32.2 Å². The van der Waals surface area contributed by atoms with Gasteiger partial charge >= 0.3 is 0 Å². The summed E-state index contributed by atoms with van der Waals surface area (Å²) < 4.78 is 2.24. The zero-order valence-corrected chi connectivity index (χ0v) is 11.1. The van der Waals surface area contributed by atoms with Crippen molar-refractivity contribution in [1.29, 1.82) is 0 Å². The van der Waals surface area contributed by atoms with E-state index in [1.165, 1.54) is 30.6 Å². The number of rotatable bonds is 2. The van der Waals surface area contributed by atoms with E-state index in [9.17, 15) is 0 Å². The number of anilines is 1. The van der Waals surface area contributed by atoms with Gasteiger partial charge in [-0.05, 0) is 44.2 Å². The smallest absolute Gasteiger partial charge is 0.128 e. The van der Waals surface area contributed by atoms with Gasteiger partial charge in [0.1, 0.15) is 5.82 Å². The van der Waals surface area contributed by atoms with Crippen molar-refractivity contribution in [3.63, 3.8) is 0 Å². The van der Waals surface area contributed by atoms with Crippen LogP contribution < -0.4 is 5.32 Å². The van der Waals surface area contributed by atoms with Crippen LogP contribution in [0.3, 0.4) is 0 Å². The lowest BCUT2D eigenvalue weighted by molar-refractivity contribution is 0.376. The van der Waals surface area contributed by atoms with E-state index in [0.717, 1.165) is 23.7 Å². The highest BCUT2D eigenvalue weighted by Crippen LogP contribution is 2.45. The number of pyridine rings is 1. The van der Waals surface area contributed by atoms with Crippen molar-refractivity contribution in [1.82, 2.24) is 14.8 Å². The lowest BCUT2D eigenvalue weighted by atomic mass is 10.1.